The van der Waals surface area contributed by atoms with Gasteiger partial charge in [0.15, 0.2) is 0 Å². The maximum atomic E-state index is 10.6. The molecule has 7 heteroatoms. The quantitative estimate of drug-likeness (QED) is 0.437. The van der Waals surface area contributed by atoms with Crippen molar-refractivity contribution < 1.29 is 10.0 Å². The van der Waals surface area contributed by atoms with E-state index in [0.29, 0.717) is 17.1 Å². The van der Waals surface area contributed by atoms with Crippen LogP contribution in [0.4, 0.5) is 11.4 Å². The Balaban J connectivity index is 2.01. The molecule has 0 amide bonds. The van der Waals surface area contributed by atoms with Crippen LogP contribution in [0.1, 0.15) is 11.7 Å². The lowest BCUT2D eigenvalue weighted by Crippen LogP contribution is -2.12. The van der Waals surface area contributed by atoms with Crippen LogP contribution in [-0.2, 0) is 0 Å². The Hall–Kier alpha value is -1.38. The Morgan fingerprint density at radius 2 is 1.95 bits per heavy atom. The van der Waals surface area contributed by atoms with E-state index in [9.17, 15) is 15.2 Å². The number of aliphatic hydroxyl groups excluding tert-OH is 1. The van der Waals surface area contributed by atoms with E-state index in [-0.39, 0.29) is 5.69 Å². The number of nitrogens with one attached hydrogen (secondary N) is 1. The Kier molecular flexibility index (Phi) is 5.38. The van der Waals surface area contributed by atoms with Gasteiger partial charge in [-0.25, -0.2) is 0 Å². The molecule has 0 radical (unpaired) electrons. The Labute approximate surface area is 140 Å². The monoisotopic (exact) mass is 418 g/mol. The molecule has 0 spiro atoms. The van der Waals surface area contributed by atoms with E-state index in [1.54, 1.807) is 18.2 Å². The van der Waals surface area contributed by atoms with E-state index in [2.05, 4.69) is 27.9 Å². The molecule has 0 saturated heterocycles. The number of nitro benzene ring substituents is 1. The van der Waals surface area contributed by atoms with E-state index < -0.39 is 11.0 Å². The molecule has 21 heavy (non-hydrogen) atoms. The highest BCUT2D eigenvalue weighted by molar-refractivity contribution is 14.1. The highest BCUT2D eigenvalue weighted by atomic mass is 127. The van der Waals surface area contributed by atoms with Crippen LogP contribution in [0.2, 0.25) is 5.02 Å². The van der Waals surface area contributed by atoms with Crippen molar-refractivity contribution in [2.45, 2.75) is 6.10 Å². The Bertz CT molecular complexity index is 649. The molecule has 2 aromatic rings. The van der Waals surface area contributed by atoms with Gasteiger partial charge in [0, 0.05) is 33.0 Å². The molecule has 0 bridgehead atoms. The molecule has 2 aromatic carbocycles. The molecular weight excluding hydrogens is 407 g/mol. The number of nitrogens with zero attached hydrogens (tertiary/aromatic N) is 1. The van der Waals surface area contributed by atoms with Gasteiger partial charge >= 0.3 is 0 Å². The summed E-state index contributed by atoms with van der Waals surface area (Å²) < 4.78 is 0.955. The van der Waals surface area contributed by atoms with Gasteiger partial charge in [-0.3, -0.25) is 10.1 Å². The molecule has 110 valence electrons. The Morgan fingerprint density at radius 3 is 2.52 bits per heavy atom. The fourth-order valence-electron chi connectivity index (χ4n) is 1.78. The smallest absolute Gasteiger partial charge is 0.269 e. The first kappa shape index (κ1) is 16.0. The minimum atomic E-state index is -0.753. The van der Waals surface area contributed by atoms with Crippen LogP contribution in [0.15, 0.2) is 42.5 Å². The second kappa shape index (κ2) is 7.06. The predicted octanol–water partition coefficient (Wildman–Crippen LogP) is 4.00. The highest BCUT2D eigenvalue weighted by Gasteiger charge is 2.11. The summed E-state index contributed by atoms with van der Waals surface area (Å²) in [4.78, 5) is 10.1. The van der Waals surface area contributed by atoms with Crippen molar-refractivity contribution in [3.05, 3.63) is 66.7 Å². The zero-order chi connectivity index (χ0) is 15.4. The number of aliphatic hydroxyl groups is 1. The van der Waals surface area contributed by atoms with Crippen LogP contribution in [0.25, 0.3) is 0 Å². The molecule has 0 aromatic heterocycles. The number of non-ortho nitro benzene ring substituents is 1. The van der Waals surface area contributed by atoms with Crippen molar-refractivity contribution in [3.8, 4) is 0 Å². The van der Waals surface area contributed by atoms with Crippen LogP contribution < -0.4 is 5.32 Å². The minimum absolute atomic E-state index is 0.00570. The number of rotatable bonds is 5. The van der Waals surface area contributed by atoms with Crippen molar-refractivity contribution in [2.24, 2.45) is 0 Å². The maximum Gasteiger partial charge on any atom is 0.269 e. The maximum absolute atomic E-state index is 10.6. The summed E-state index contributed by atoms with van der Waals surface area (Å²) in [5.74, 6) is 0. The van der Waals surface area contributed by atoms with E-state index in [0.717, 1.165) is 9.26 Å². The van der Waals surface area contributed by atoms with Gasteiger partial charge in [0.05, 0.1) is 11.0 Å². The molecule has 5 nitrogen and oxygen atoms in total. The molecule has 0 saturated carbocycles. The van der Waals surface area contributed by atoms with Crippen LogP contribution >= 0.6 is 34.2 Å². The Morgan fingerprint density at radius 1 is 1.29 bits per heavy atom. The first-order valence-corrected chi connectivity index (χ1v) is 7.54. The van der Waals surface area contributed by atoms with E-state index in [1.807, 2.05) is 12.1 Å². The number of hydrogen-bond acceptors (Lipinski definition) is 4. The average Bonchev–Trinajstić information content (AvgIpc) is 2.46. The molecule has 0 aliphatic heterocycles. The number of halogens is 2. The van der Waals surface area contributed by atoms with Crippen LogP contribution in [0.3, 0.4) is 0 Å². The molecule has 0 fully saturated rings. The second-order valence-corrected chi connectivity index (χ2v) is 5.97. The standard InChI is InChI=1S/C14H12ClIN2O3/c15-10-3-6-13(12(16)7-10)17-8-14(19)9-1-4-11(5-2-9)18(20)21/h1-7,14,17,19H,8H2. The van der Waals surface area contributed by atoms with Crippen LogP contribution in [0, 0.1) is 13.7 Å². The van der Waals surface area contributed by atoms with Gasteiger partial charge in [0.25, 0.3) is 5.69 Å². The van der Waals surface area contributed by atoms with E-state index in [1.165, 1.54) is 12.1 Å². The third-order valence-corrected chi connectivity index (χ3v) is 4.03. The number of anilines is 1. The summed E-state index contributed by atoms with van der Waals surface area (Å²) in [5.41, 5.74) is 1.50. The third-order valence-electron chi connectivity index (χ3n) is 2.91. The minimum Gasteiger partial charge on any atom is -0.387 e. The van der Waals surface area contributed by atoms with Crippen LogP contribution in [0.5, 0.6) is 0 Å². The number of nitro groups is 1. The summed E-state index contributed by atoms with van der Waals surface area (Å²) in [6, 6.07) is 11.3. The van der Waals surface area contributed by atoms with E-state index in [4.69, 9.17) is 11.6 Å². The molecule has 2 N–H and O–H groups in total. The first-order valence-electron chi connectivity index (χ1n) is 6.08. The fourth-order valence-corrected chi connectivity index (χ4v) is 2.84. The lowest BCUT2D eigenvalue weighted by Gasteiger charge is -2.14. The van der Waals surface area contributed by atoms with Gasteiger partial charge in [-0.1, -0.05) is 11.6 Å². The zero-order valence-corrected chi connectivity index (χ0v) is 13.7. The lowest BCUT2D eigenvalue weighted by atomic mass is 10.1. The van der Waals surface area contributed by atoms with Gasteiger partial charge in [0.1, 0.15) is 0 Å². The average molecular weight is 419 g/mol. The summed E-state index contributed by atoms with van der Waals surface area (Å²) in [6.07, 6.45) is -0.753. The first-order chi connectivity index (χ1) is 9.97. The van der Waals surface area contributed by atoms with Crippen molar-refractivity contribution >= 4 is 45.6 Å². The molecule has 0 heterocycles. The van der Waals surface area contributed by atoms with Gasteiger partial charge in [-0.05, 0) is 58.5 Å². The molecule has 2 rings (SSSR count). The van der Waals surface area contributed by atoms with Gasteiger partial charge in [-0.15, -0.1) is 0 Å². The van der Waals surface area contributed by atoms with Gasteiger partial charge in [-0.2, -0.15) is 0 Å². The highest BCUT2D eigenvalue weighted by Crippen LogP contribution is 2.24. The third kappa shape index (κ3) is 4.29. The van der Waals surface area contributed by atoms with Crippen molar-refractivity contribution in [1.29, 1.82) is 0 Å². The van der Waals surface area contributed by atoms with Crippen LogP contribution in [-0.4, -0.2) is 16.6 Å². The number of hydrogen-bond donors (Lipinski definition) is 2. The normalized spacial score (nSPS) is 12.0. The summed E-state index contributed by atoms with van der Waals surface area (Å²) >= 11 is 8.03. The van der Waals surface area contributed by atoms with Crippen molar-refractivity contribution in [3.63, 3.8) is 0 Å². The molecule has 0 aliphatic rings. The summed E-state index contributed by atoms with van der Waals surface area (Å²) in [6.45, 7) is 0.301. The molecule has 1 unspecified atom stereocenters. The molecule has 1 atom stereocenters. The summed E-state index contributed by atoms with van der Waals surface area (Å²) in [7, 11) is 0. The second-order valence-electron chi connectivity index (χ2n) is 4.37. The molecule has 0 aliphatic carbocycles. The fraction of sp³-hybridized carbons (Fsp3) is 0.143. The van der Waals surface area contributed by atoms with E-state index >= 15 is 0 Å². The molecular formula is C14H12ClIN2O3. The summed E-state index contributed by atoms with van der Waals surface area (Å²) in [5, 5.41) is 24.5. The number of benzene rings is 2. The predicted molar refractivity (Wildman–Crippen MR) is 90.7 cm³/mol. The largest absolute Gasteiger partial charge is 0.387 e. The van der Waals surface area contributed by atoms with Crippen molar-refractivity contribution in [2.75, 3.05) is 11.9 Å². The zero-order valence-electron chi connectivity index (χ0n) is 10.8. The van der Waals surface area contributed by atoms with Gasteiger partial charge < -0.3 is 10.4 Å². The lowest BCUT2D eigenvalue weighted by molar-refractivity contribution is -0.384. The SMILES string of the molecule is O=[N+]([O-])c1ccc(C(O)CNc2ccc(Cl)cc2I)cc1. The topological polar surface area (TPSA) is 75.4 Å². The van der Waals surface area contributed by atoms with Crippen molar-refractivity contribution in [1.82, 2.24) is 0 Å². The van der Waals surface area contributed by atoms with Gasteiger partial charge in [0.2, 0.25) is 0 Å².